The van der Waals surface area contributed by atoms with E-state index in [4.69, 9.17) is 17.3 Å². The minimum atomic E-state index is -3.83. The molecule has 0 saturated carbocycles. The Morgan fingerprint density at radius 1 is 0.889 bits per heavy atom. The molecule has 3 N–H and O–H groups in total. The van der Waals surface area contributed by atoms with E-state index in [0.29, 0.717) is 11.1 Å². The van der Waals surface area contributed by atoms with E-state index in [0.717, 1.165) is 5.56 Å². The fraction of sp³-hybridized carbons (Fsp3) is 0.143. The standard InChI is InChI=1S/C21H21ClN2O2S/c1-16-12-14-19(15-13-16)27(25,26)24-20(17-8-4-2-5-9-17)21(22,23)18-10-6-3-7-11-18/h2-15,20,24H,23H2,1H3/t20-,21+/m0/s1. The third-order valence-corrected chi connectivity index (χ3v) is 6.25. The van der Waals surface area contributed by atoms with Gasteiger partial charge in [-0.2, -0.15) is 0 Å². The Balaban J connectivity index is 2.05. The number of hydrogen-bond acceptors (Lipinski definition) is 3. The van der Waals surface area contributed by atoms with Gasteiger partial charge in [-0.3, -0.25) is 0 Å². The largest absolute Gasteiger partial charge is 0.307 e. The highest BCUT2D eigenvalue weighted by atomic mass is 35.5. The summed E-state index contributed by atoms with van der Waals surface area (Å²) in [4.78, 5) is -1.31. The maximum absolute atomic E-state index is 13.0. The fourth-order valence-corrected chi connectivity index (χ4v) is 4.48. The molecule has 0 heterocycles. The molecular weight excluding hydrogens is 380 g/mol. The molecule has 0 unspecified atom stereocenters. The van der Waals surface area contributed by atoms with Gasteiger partial charge >= 0.3 is 0 Å². The van der Waals surface area contributed by atoms with Crippen molar-refractivity contribution in [2.75, 3.05) is 0 Å². The highest BCUT2D eigenvalue weighted by molar-refractivity contribution is 7.89. The molecule has 3 aromatic carbocycles. The van der Waals surface area contributed by atoms with Gasteiger partial charge in [0, 0.05) is 0 Å². The lowest BCUT2D eigenvalue weighted by molar-refractivity contribution is 0.460. The number of benzene rings is 3. The monoisotopic (exact) mass is 400 g/mol. The van der Waals surface area contributed by atoms with E-state index in [1.54, 1.807) is 48.5 Å². The van der Waals surface area contributed by atoms with Crippen molar-refractivity contribution in [2.24, 2.45) is 5.73 Å². The summed E-state index contributed by atoms with van der Waals surface area (Å²) in [5, 5.41) is 0. The summed E-state index contributed by atoms with van der Waals surface area (Å²) in [5.74, 6) is 0. The van der Waals surface area contributed by atoms with Gasteiger partial charge in [0.1, 0.15) is 5.00 Å². The number of nitrogens with one attached hydrogen (secondary N) is 1. The normalized spacial score (nSPS) is 15.1. The molecule has 0 aliphatic heterocycles. The lowest BCUT2D eigenvalue weighted by Crippen LogP contribution is -2.46. The Morgan fingerprint density at radius 2 is 1.41 bits per heavy atom. The van der Waals surface area contributed by atoms with E-state index in [-0.39, 0.29) is 4.90 Å². The van der Waals surface area contributed by atoms with Crippen LogP contribution in [0.1, 0.15) is 22.7 Å². The van der Waals surface area contributed by atoms with Crippen LogP contribution in [0.25, 0.3) is 0 Å². The summed E-state index contributed by atoms with van der Waals surface area (Å²) in [7, 11) is -3.83. The third kappa shape index (κ3) is 4.39. The van der Waals surface area contributed by atoms with Crippen molar-refractivity contribution in [2.45, 2.75) is 22.9 Å². The Kier molecular flexibility index (Phi) is 5.67. The molecule has 0 spiro atoms. The van der Waals surface area contributed by atoms with Gasteiger partial charge in [-0.1, -0.05) is 90.0 Å². The second-order valence-electron chi connectivity index (χ2n) is 6.41. The van der Waals surface area contributed by atoms with Gasteiger partial charge in [-0.15, -0.1) is 0 Å². The van der Waals surface area contributed by atoms with Crippen molar-refractivity contribution in [3.05, 3.63) is 102 Å². The van der Waals surface area contributed by atoms with Gasteiger partial charge in [0.25, 0.3) is 0 Å². The number of halogens is 1. The second-order valence-corrected chi connectivity index (χ2v) is 8.75. The fourth-order valence-electron chi connectivity index (χ4n) is 2.84. The SMILES string of the molecule is Cc1ccc(S(=O)(=O)N[C@@H](c2ccccc2)[C@@](N)(Cl)c2ccccc2)cc1. The Labute approximate surface area is 165 Å². The van der Waals surface area contributed by atoms with Crippen molar-refractivity contribution >= 4 is 21.6 Å². The Hall–Kier alpha value is -2.18. The van der Waals surface area contributed by atoms with Gasteiger partial charge in [-0.25, -0.2) is 13.1 Å². The van der Waals surface area contributed by atoms with Crippen LogP contribution >= 0.6 is 11.6 Å². The molecule has 0 fully saturated rings. The highest BCUT2D eigenvalue weighted by Crippen LogP contribution is 2.37. The van der Waals surface area contributed by atoms with Crippen molar-refractivity contribution in [3.8, 4) is 0 Å². The van der Waals surface area contributed by atoms with Crippen LogP contribution in [0, 0.1) is 6.92 Å². The molecule has 0 bridgehead atoms. The molecular formula is C21H21ClN2O2S. The minimum absolute atomic E-state index is 0.162. The molecule has 140 valence electrons. The molecule has 27 heavy (non-hydrogen) atoms. The summed E-state index contributed by atoms with van der Waals surface area (Å²) >= 11 is 6.73. The number of rotatable bonds is 6. The van der Waals surface area contributed by atoms with Crippen LogP contribution in [-0.2, 0) is 15.0 Å². The van der Waals surface area contributed by atoms with E-state index >= 15 is 0 Å². The van der Waals surface area contributed by atoms with Crippen LogP contribution in [0.4, 0.5) is 0 Å². The van der Waals surface area contributed by atoms with E-state index in [2.05, 4.69) is 4.72 Å². The van der Waals surface area contributed by atoms with Crippen LogP contribution in [0.3, 0.4) is 0 Å². The molecule has 0 aromatic heterocycles. The summed E-state index contributed by atoms with van der Waals surface area (Å²) in [5.41, 5.74) is 8.73. The Morgan fingerprint density at radius 3 is 1.96 bits per heavy atom. The molecule has 3 aromatic rings. The van der Waals surface area contributed by atoms with E-state index in [1.165, 1.54) is 0 Å². The molecule has 0 aliphatic rings. The molecule has 2 atom stereocenters. The van der Waals surface area contributed by atoms with Crippen LogP contribution in [0.15, 0.2) is 89.8 Å². The lowest BCUT2D eigenvalue weighted by Gasteiger charge is -2.33. The first-order valence-electron chi connectivity index (χ1n) is 8.48. The van der Waals surface area contributed by atoms with Crippen LogP contribution in [-0.4, -0.2) is 8.42 Å². The first kappa shape index (κ1) is 19.6. The summed E-state index contributed by atoms with van der Waals surface area (Å²) in [6.07, 6.45) is 0. The molecule has 3 rings (SSSR count). The third-order valence-electron chi connectivity index (χ3n) is 4.37. The average Bonchev–Trinajstić information content (AvgIpc) is 2.68. The van der Waals surface area contributed by atoms with Gasteiger partial charge < -0.3 is 5.73 Å². The van der Waals surface area contributed by atoms with Crippen LogP contribution in [0.2, 0.25) is 0 Å². The molecule has 0 radical (unpaired) electrons. The quantitative estimate of drug-likeness (QED) is 0.484. The van der Waals surface area contributed by atoms with Crippen LogP contribution in [0.5, 0.6) is 0 Å². The zero-order chi connectivity index (χ0) is 19.5. The topological polar surface area (TPSA) is 72.2 Å². The zero-order valence-corrected chi connectivity index (χ0v) is 16.4. The minimum Gasteiger partial charge on any atom is -0.307 e. The number of nitrogens with two attached hydrogens (primary N) is 1. The maximum atomic E-state index is 13.0. The molecule has 0 saturated heterocycles. The molecule has 0 aliphatic carbocycles. The zero-order valence-electron chi connectivity index (χ0n) is 14.8. The average molecular weight is 401 g/mol. The maximum Gasteiger partial charge on any atom is 0.241 e. The lowest BCUT2D eigenvalue weighted by atomic mass is 9.94. The van der Waals surface area contributed by atoms with Crippen molar-refractivity contribution in [3.63, 3.8) is 0 Å². The number of alkyl halides is 1. The summed E-state index contributed by atoms with van der Waals surface area (Å²) < 4.78 is 28.7. The van der Waals surface area contributed by atoms with Gasteiger partial charge in [0.15, 0.2) is 0 Å². The first-order chi connectivity index (χ1) is 12.8. The summed E-state index contributed by atoms with van der Waals surface area (Å²) in [6, 6.07) is 23.9. The van der Waals surface area contributed by atoms with Crippen molar-refractivity contribution < 1.29 is 8.42 Å². The van der Waals surface area contributed by atoms with E-state index < -0.39 is 21.1 Å². The van der Waals surface area contributed by atoms with Gasteiger partial charge in [-0.05, 0) is 30.2 Å². The summed E-state index contributed by atoms with van der Waals surface area (Å²) in [6.45, 7) is 1.90. The second kappa shape index (κ2) is 7.82. The van der Waals surface area contributed by atoms with Gasteiger partial charge in [0.05, 0.1) is 10.9 Å². The van der Waals surface area contributed by atoms with Crippen LogP contribution < -0.4 is 10.5 Å². The number of aryl methyl sites for hydroxylation is 1. The Bertz CT molecular complexity index is 989. The smallest absolute Gasteiger partial charge is 0.241 e. The van der Waals surface area contributed by atoms with Crippen molar-refractivity contribution in [1.29, 1.82) is 0 Å². The highest BCUT2D eigenvalue weighted by Gasteiger charge is 2.38. The van der Waals surface area contributed by atoms with Gasteiger partial charge in [0.2, 0.25) is 10.0 Å². The van der Waals surface area contributed by atoms with E-state index in [9.17, 15) is 8.42 Å². The number of hydrogen-bond donors (Lipinski definition) is 2. The van der Waals surface area contributed by atoms with Crippen molar-refractivity contribution in [1.82, 2.24) is 4.72 Å². The molecule has 4 nitrogen and oxygen atoms in total. The number of sulfonamides is 1. The van der Waals surface area contributed by atoms with E-state index in [1.807, 2.05) is 43.3 Å². The predicted molar refractivity (Wildman–Crippen MR) is 109 cm³/mol. The molecule has 0 amide bonds. The predicted octanol–water partition coefficient (Wildman–Crippen LogP) is 4.07. The molecule has 6 heteroatoms. The first-order valence-corrected chi connectivity index (χ1v) is 10.3.